The minimum Gasteiger partial charge on any atom is -0.396 e. The molecule has 0 unspecified atom stereocenters. The summed E-state index contributed by atoms with van der Waals surface area (Å²) in [6.07, 6.45) is 2.53. The van der Waals surface area contributed by atoms with Gasteiger partial charge in [-0.05, 0) is 26.3 Å². The molecule has 0 rings (SSSR count). The molecule has 3 heteroatoms. The molecule has 0 aliphatic rings. The van der Waals surface area contributed by atoms with Crippen LogP contribution in [0.4, 0.5) is 0 Å². The SMILES string of the molecule is CN[C@H](C#N)CCCCO. The molecule has 0 bridgehead atoms. The van der Waals surface area contributed by atoms with Crippen molar-refractivity contribution in [2.75, 3.05) is 13.7 Å². The third-order valence-electron chi connectivity index (χ3n) is 1.41. The summed E-state index contributed by atoms with van der Waals surface area (Å²) in [5.41, 5.74) is 0. The number of aliphatic hydroxyl groups excluding tert-OH is 1. The molecule has 0 aliphatic heterocycles. The van der Waals surface area contributed by atoms with E-state index in [-0.39, 0.29) is 12.6 Å². The molecule has 0 spiro atoms. The van der Waals surface area contributed by atoms with Crippen LogP contribution < -0.4 is 5.32 Å². The monoisotopic (exact) mass is 142 g/mol. The Morgan fingerprint density at radius 3 is 2.70 bits per heavy atom. The van der Waals surface area contributed by atoms with Gasteiger partial charge in [0, 0.05) is 6.61 Å². The van der Waals surface area contributed by atoms with Crippen LogP contribution in [-0.2, 0) is 0 Å². The minimum absolute atomic E-state index is 0.0495. The van der Waals surface area contributed by atoms with Gasteiger partial charge in [-0.2, -0.15) is 5.26 Å². The molecule has 10 heavy (non-hydrogen) atoms. The van der Waals surface area contributed by atoms with Crippen molar-refractivity contribution in [3.63, 3.8) is 0 Å². The van der Waals surface area contributed by atoms with E-state index in [0.717, 1.165) is 19.3 Å². The predicted octanol–water partition coefficient (Wildman–Crippen LogP) is 0.261. The van der Waals surface area contributed by atoms with Crippen LogP contribution in [0.3, 0.4) is 0 Å². The fourth-order valence-corrected chi connectivity index (χ4v) is 0.734. The van der Waals surface area contributed by atoms with Crippen molar-refractivity contribution in [1.82, 2.24) is 5.32 Å². The van der Waals surface area contributed by atoms with Crippen molar-refractivity contribution in [2.45, 2.75) is 25.3 Å². The maximum atomic E-state index is 8.45. The van der Waals surface area contributed by atoms with Crippen molar-refractivity contribution in [2.24, 2.45) is 0 Å². The van der Waals surface area contributed by atoms with Crippen molar-refractivity contribution < 1.29 is 5.11 Å². The van der Waals surface area contributed by atoms with Gasteiger partial charge in [0.25, 0.3) is 0 Å². The van der Waals surface area contributed by atoms with Gasteiger partial charge >= 0.3 is 0 Å². The standard InChI is InChI=1S/C7H14N2O/c1-9-7(6-8)4-2-3-5-10/h7,9-10H,2-5H2,1H3/t7-/m0/s1. The fourth-order valence-electron chi connectivity index (χ4n) is 0.734. The van der Waals surface area contributed by atoms with Gasteiger partial charge in [0.1, 0.15) is 0 Å². The molecule has 0 saturated heterocycles. The van der Waals surface area contributed by atoms with Gasteiger partial charge in [0.15, 0.2) is 0 Å². The van der Waals surface area contributed by atoms with Crippen molar-refractivity contribution >= 4 is 0 Å². The lowest BCUT2D eigenvalue weighted by atomic mass is 10.1. The number of nitrogens with zero attached hydrogens (tertiary/aromatic N) is 1. The van der Waals surface area contributed by atoms with E-state index in [0.29, 0.717) is 0 Å². The first kappa shape index (κ1) is 9.41. The topological polar surface area (TPSA) is 56.0 Å². The second-order valence-electron chi connectivity index (χ2n) is 2.19. The fraction of sp³-hybridized carbons (Fsp3) is 0.857. The largest absolute Gasteiger partial charge is 0.396 e. The Balaban J connectivity index is 3.20. The van der Waals surface area contributed by atoms with Gasteiger partial charge in [-0.1, -0.05) is 0 Å². The van der Waals surface area contributed by atoms with Crippen molar-refractivity contribution in [3.8, 4) is 6.07 Å². The number of hydrogen-bond donors (Lipinski definition) is 2. The number of unbranched alkanes of at least 4 members (excludes halogenated alkanes) is 1. The molecular formula is C7H14N2O. The number of aliphatic hydroxyl groups is 1. The van der Waals surface area contributed by atoms with E-state index in [4.69, 9.17) is 10.4 Å². The van der Waals surface area contributed by atoms with Crippen LogP contribution in [0.2, 0.25) is 0 Å². The lowest BCUT2D eigenvalue weighted by Gasteiger charge is -2.04. The molecule has 0 amide bonds. The van der Waals surface area contributed by atoms with Crippen molar-refractivity contribution in [3.05, 3.63) is 0 Å². The first-order chi connectivity index (χ1) is 4.85. The average molecular weight is 142 g/mol. The zero-order valence-electron chi connectivity index (χ0n) is 6.30. The van der Waals surface area contributed by atoms with E-state index >= 15 is 0 Å². The molecule has 0 aromatic rings. The van der Waals surface area contributed by atoms with Gasteiger partial charge in [0.05, 0.1) is 12.1 Å². The highest BCUT2D eigenvalue weighted by molar-refractivity contribution is 4.87. The Morgan fingerprint density at radius 1 is 1.60 bits per heavy atom. The van der Waals surface area contributed by atoms with Gasteiger partial charge in [-0.25, -0.2) is 0 Å². The van der Waals surface area contributed by atoms with Crippen LogP contribution in [0.1, 0.15) is 19.3 Å². The highest BCUT2D eigenvalue weighted by Gasteiger charge is 2.01. The Hall–Kier alpha value is -0.590. The lowest BCUT2D eigenvalue weighted by Crippen LogP contribution is -2.22. The summed E-state index contributed by atoms with van der Waals surface area (Å²) in [6, 6.07) is 2.07. The number of rotatable bonds is 5. The zero-order valence-corrected chi connectivity index (χ0v) is 6.30. The summed E-state index contributed by atoms with van der Waals surface area (Å²) >= 11 is 0. The van der Waals surface area contributed by atoms with E-state index in [1.165, 1.54) is 0 Å². The second kappa shape index (κ2) is 6.53. The minimum atomic E-state index is -0.0495. The van der Waals surface area contributed by atoms with E-state index in [1.807, 2.05) is 0 Å². The van der Waals surface area contributed by atoms with Crippen molar-refractivity contribution in [1.29, 1.82) is 5.26 Å². The van der Waals surface area contributed by atoms with E-state index in [1.54, 1.807) is 7.05 Å². The summed E-state index contributed by atoms with van der Waals surface area (Å²) in [6.45, 7) is 0.224. The number of nitriles is 1. The summed E-state index contributed by atoms with van der Waals surface area (Å²) in [7, 11) is 1.77. The van der Waals surface area contributed by atoms with Crippen LogP contribution in [0.5, 0.6) is 0 Å². The van der Waals surface area contributed by atoms with Crippen LogP contribution in [0, 0.1) is 11.3 Å². The normalized spacial score (nSPS) is 12.5. The quantitative estimate of drug-likeness (QED) is 0.541. The summed E-state index contributed by atoms with van der Waals surface area (Å²) in [4.78, 5) is 0. The molecule has 0 aliphatic carbocycles. The van der Waals surface area contributed by atoms with Gasteiger partial charge in [-0.3, -0.25) is 0 Å². The molecule has 58 valence electrons. The molecule has 0 saturated carbocycles. The molecule has 0 aromatic carbocycles. The Kier molecular flexibility index (Phi) is 6.14. The zero-order chi connectivity index (χ0) is 7.82. The lowest BCUT2D eigenvalue weighted by molar-refractivity contribution is 0.281. The molecule has 0 radical (unpaired) electrons. The van der Waals surface area contributed by atoms with Gasteiger partial charge in [-0.15, -0.1) is 0 Å². The average Bonchev–Trinajstić information content (AvgIpc) is 1.99. The molecule has 0 aromatic heterocycles. The van der Waals surface area contributed by atoms with Crippen LogP contribution in [0.25, 0.3) is 0 Å². The maximum absolute atomic E-state index is 8.45. The Bertz CT molecular complexity index is 109. The molecule has 3 nitrogen and oxygen atoms in total. The van der Waals surface area contributed by atoms with E-state index in [2.05, 4.69) is 11.4 Å². The second-order valence-corrected chi connectivity index (χ2v) is 2.19. The smallest absolute Gasteiger partial charge is 0.0950 e. The first-order valence-corrected chi connectivity index (χ1v) is 3.53. The highest BCUT2D eigenvalue weighted by atomic mass is 16.2. The molecular weight excluding hydrogens is 128 g/mol. The third-order valence-corrected chi connectivity index (χ3v) is 1.41. The molecule has 0 heterocycles. The first-order valence-electron chi connectivity index (χ1n) is 3.53. The predicted molar refractivity (Wildman–Crippen MR) is 39.4 cm³/mol. The molecule has 2 N–H and O–H groups in total. The summed E-state index contributed by atoms with van der Waals surface area (Å²) in [5, 5.41) is 19.7. The molecule has 0 fully saturated rings. The third kappa shape index (κ3) is 4.30. The van der Waals surface area contributed by atoms with Gasteiger partial charge in [0.2, 0.25) is 0 Å². The van der Waals surface area contributed by atoms with E-state index < -0.39 is 0 Å². The van der Waals surface area contributed by atoms with Crippen LogP contribution >= 0.6 is 0 Å². The Labute approximate surface area is 61.7 Å². The number of hydrogen-bond acceptors (Lipinski definition) is 3. The summed E-state index contributed by atoms with van der Waals surface area (Å²) < 4.78 is 0. The van der Waals surface area contributed by atoms with Crippen LogP contribution in [0.15, 0.2) is 0 Å². The van der Waals surface area contributed by atoms with Gasteiger partial charge < -0.3 is 10.4 Å². The van der Waals surface area contributed by atoms with E-state index in [9.17, 15) is 0 Å². The maximum Gasteiger partial charge on any atom is 0.0950 e. The van der Waals surface area contributed by atoms with Crippen LogP contribution in [-0.4, -0.2) is 24.8 Å². The Morgan fingerprint density at radius 2 is 2.30 bits per heavy atom. The summed E-state index contributed by atoms with van der Waals surface area (Å²) in [5.74, 6) is 0. The number of nitrogens with one attached hydrogen (secondary N) is 1. The molecule has 1 atom stereocenters. The highest BCUT2D eigenvalue weighted by Crippen LogP contribution is 1.98.